The van der Waals surface area contributed by atoms with Crippen LogP contribution in [0.1, 0.15) is 6.92 Å². The summed E-state index contributed by atoms with van der Waals surface area (Å²) in [4.78, 5) is 2.61. The summed E-state index contributed by atoms with van der Waals surface area (Å²) in [6.07, 6.45) is -0.759. The molecular formula is C12H25N3O6. The quantitative estimate of drug-likeness (QED) is 0.148. The summed E-state index contributed by atoms with van der Waals surface area (Å²) in [6, 6.07) is 0. The van der Waals surface area contributed by atoms with Crippen LogP contribution in [-0.4, -0.2) is 77.4 Å². The van der Waals surface area contributed by atoms with Crippen molar-refractivity contribution in [2.75, 3.05) is 66.0 Å². The van der Waals surface area contributed by atoms with E-state index in [0.29, 0.717) is 66.0 Å². The van der Waals surface area contributed by atoms with Gasteiger partial charge in [-0.15, -0.1) is 0 Å². The van der Waals surface area contributed by atoms with E-state index in [2.05, 4.69) is 10.0 Å². The van der Waals surface area contributed by atoms with E-state index in [0.717, 1.165) is 0 Å². The number of aliphatic hydroxyl groups is 1. The zero-order valence-corrected chi connectivity index (χ0v) is 12.5. The first-order valence-corrected chi connectivity index (χ1v) is 6.89. The minimum atomic E-state index is -0.759. The van der Waals surface area contributed by atoms with Crippen LogP contribution in [0.5, 0.6) is 0 Å². The molecule has 0 amide bonds. The second-order valence-electron chi connectivity index (χ2n) is 3.87. The number of rotatable bonds is 16. The third-order valence-corrected chi connectivity index (χ3v) is 2.10. The van der Waals surface area contributed by atoms with Crippen LogP contribution in [0, 0.1) is 0 Å². The third kappa shape index (κ3) is 19.1. The number of nitrogens with zero attached hydrogens (tertiary/aromatic N) is 3. The summed E-state index contributed by atoms with van der Waals surface area (Å²) in [5.74, 6) is 0. The van der Waals surface area contributed by atoms with Crippen molar-refractivity contribution in [2.24, 2.45) is 5.11 Å². The zero-order chi connectivity index (χ0) is 15.6. The van der Waals surface area contributed by atoms with Crippen LogP contribution < -0.4 is 0 Å². The maximum Gasteiger partial charge on any atom is 0.151 e. The second-order valence-corrected chi connectivity index (χ2v) is 3.87. The molecule has 9 nitrogen and oxygen atoms in total. The number of hydrogen-bond acceptors (Lipinski definition) is 7. The van der Waals surface area contributed by atoms with Gasteiger partial charge in [0.25, 0.3) is 0 Å². The minimum absolute atomic E-state index is 0.335. The van der Waals surface area contributed by atoms with Crippen molar-refractivity contribution < 1.29 is 28.8 Å². The smallest absolute Gasteiger partial charge is 0.151 e. The molecule has 0 aromatic carbocycles. The summed E-state index contributed by atoms with van der Waals surface area (Å²) in [5.41, 5.74) is 8.03. The Hall–Kier alpha value is -0.930. The molecule has 0 bridgehead atoms. The van der Waals surface area contributed by atoms with E-state index >= 15 is 0 Å². The lowest BCUT2D eigenvalue weighted by Crippen LogP contribution is -2.15. The zero-order valence-electron chi connectivity index (χ0n) is 12.5. The van der Waals surface area contributed by atoms with Gasteiger partial charge in [-0.25, -0.2) is 0 Å². The highest BCUT2D eigenvalue weighted by Gasteiger charge is 1.95. The standard InChI is InChI=1S/C12H25N3O6/c1-12(16)21-11-10-20-9-8-19-7-6-18-5-4-17-3-2-14-15-13/h12,16H,2-11H2,1H3. The molecule has 0 saturated heterocycles. The number of hydrogen-bond donors (Lipinski definition) is 1. The molecule has 21 heavy (non-hydrogen) atoms. The summed E-state index contributed by atoms with van der Waals surface area (Å²) in [7, 11) is 0. The Morgan fingerprint density at radius 1 is 0.857 bits per heavy atom. The van der Waals surface area contributed by atoms with E-state index in [-0.39, 0.29) is 0 Å². The van der Waals surface area contributed by atoms with Gasteiger partial charge in [-0.3, -0.25) is 0 Å². The van der Waals surface area contributed by atoms with E-state index in [9.17, 15) is 0 Å². The predicted octanol–water partition coefficient (Wildman–Crippen LogP) is 0.718. The first kappa shape index (κ1) is 20.1. The van der Waals surface area contributed by atoms with Gasteiger partial charge in [0.05, 0.1) is 59.5 Å². The Morgan fingerprint density at radius 3 is 1.71 bits per heavy atom. The number of aliphatic hydroxyl groups excluding tert-OH is 1. The van der Waals surface area contributed by atoms with Crippen molar-refractivity contribution in [2.45, 2.75) is 13.2 Å². The Kier molecular flexibility index (Phi) is 16.4. The van der Waals surface area contributed by atoms with Gasteiger partial charge in [0, 0.05) is 11.5 Å². The maximum absolute atomic E-state index is 8.82. The van der Waals surface area contributed by atoms with Gasteiger partial charge in [0.2, 0.25) is 0 Å². The molecule has 0 spiro atoms. The van der Waals surface area contributed by atoms with Crippen LogP contribution in [0.4, 0.5) is 0 Å². The molecule has 0 heterocycles. The second kappa shape index (κ2) is 17.1. The van der Waals surface area contributed by atoms with Gasteiger partial charge in [-0.2, -0.15) is 0 Å². The van der Waals surface area contributed by atoms with Crippen LogP contribution in [0.3, 0.4) is 0 Å². The maximum atomic E-state index is 8.82. The molecule has 0 radical (unpaired) electrons. The SMILES string of the molecule is CC(O)OCCOCCOCCOCCOCCN=[N+]=[N-]. The number of azide groups is 1. The van der Waals surface area contributed by atoms with Crippen molar-refractivity contribution in [1.82, 2.24) is 0 Å². The molecule has 124 valence electrons. The molecule has 0 aromatic heterocycles. The average Bonchev–Trinajstić information content (AvgIpc) is 2.46. The monoisotopic (exact) mass is 307 g/mol. The van der Waals surface area contributed by atoms with E-state index in [1.807, 2.05) is 0 Å². The first-order valence-electron chi connectivity index (χ1n) is 6.89. The van der Waals surface area contributed by atoms with Gasteiger partial charge in [-0.05, 0) is 12.5 Å². The van der Waals surface area contributed by atoms with E-state index in [4.69, 9.17) is 34.3 Å². The van der Waals surface area contributed by atoms with Gasteiger partial charge in [0.15, 0.2) is 6.29 Å². The topological polar surface area (TPSA) is 115 Å². The molecule has 0 fully saturated rings. The first-order chi connectivity index (χ1) is 10.3. The van der Waals surface area contributed by atoms with Gasteiger partial charge in [-0.1, -0.05) is 5.11 Å². The summed E-state index contributed by atoms with van der Waals surface area (Å²) in [6.45, 7) is 5.97. The summed E-state index contributed by atoms with van der Waals surface area (Å²) in [5, 5.41) is 12.2. The van der Waals surface area contributed by atoms with Crippen LogP contribution in [0.25, 0.3) is 10.4 Å². The van der Waals surface area contributed by atoms with Crippen LogP contribution in [0.2, 0.25) is 0 Å². The van der Waals surface area contributed by atoms with Gasteiger partial charge >= 0.3 is 0 Å². The lowest BCUT2D eigenvalue weighted by molar-refractivity contribution is -0.102. The predicted molar refractivity (Wildman–Crippen MR) is 74.9 cm³/mol. The number of ether oxygens (including phenoxy) is 5. The molecule has 0 rings (SSSR count). The van der Waals surface area contributed by atoms with Crippen molar-refractivity contribution in [3.05, 3.63) is 10.4 Å². The minimum Gasteiger partial charge on any atom is -0.379 e. The lowest BCUT2D eigenvalue weighted by Gasteiger charge is -2.08. The van der Waals surface area contributed by atoms with Crippen molar-refractivity contribution in [1.29, 1.82) is 0 Å². The molecular weight excluding hydrogens is 282 g/mol. The molecule has 1 N–H and O–H groups in total. The molecule has 1 atom stereocenters. The van der Waals surface area contributed by atoms with Crippen molar-refractivity contribution in [3.8, 4) is 0 Å². The summed E-state index contributed by atoms with van der Waals surface area (Å²) < 4.78 is 25.8. The molecule has 9 heteroatoms. The Labute approximate surface area is 124 Å². The van der Waals surface area contributed by atoms with E-state index in [1.165, 1.54) is 0 Å². The van der Waals surface area contributed by atoms with Crippen molar-refractivity contribution in [3.63, 3.8) is 0 Å². The fraction of sp³-hybridized carbons (Fsp3) is 1.00. The molecule has 0 aliphatic rings. The Bertz CT molecular complexity index is 261. The largest absolute Gasteiger partial charge is 0.379 e. The Morgan fingerprint density at radius 2 is 1.29 bits per heavy atom. The highest BCUT2D eigenvalue weighted by molar-refractivity contribution is 4.44. The molecule has 0 aromatic rings. The fourth-order valence-electron chi connectivity index (χ4n) is 1.19. The van der Waals surface area contributed by atoms with Crippen LogP contribution >= 0.6 is 0 Å². The highest BCUT2D eigenvalue weighted by Crippen LogP contribution is 1.86. The highest BCUT2D eigenvalue weighted by atomic mass is 16.6. The Balaban J connectivity index is 2.98. The van der Waals surface area contributed by atoms with Crippen molar-refractivity contribution >= 4 is 0 Å². The molecule has 0 saturated carbocycles. The third-order valence-electron chi connectivity index (χ3n) is 2.10. The van der Waals surface area contributed by atoms with E-state index in [1.54, 1.807) is 6.92 Å². The van der Waals surface area contributed by atoms with Gasteiger partial charge in [0.1, 0.15) is 0 Å². The van der Waals surface area contributed by atoms with Gasteiger partial charge < -0.3 is 28.8 Å². The fourth-order valence-corrected chi connectivity index (χ4v) is 1.19. The average molecular weight is 307 g/mol. The normalized spacial score (nSPS) is 12.1. The van der Waals surface area contributed by atoms with Crippen LogP contribution in [0.15, 0.2) is 5.11 Å². The summed E-state index contributed by atoms with van der Waals surface area (Å²) >= 11 is 0. The van der Waals surface area contributed by atoms with E-state index < -0.39 is 6.29 Å². The van der Waals surface area contributed by atoms with Crippen LogP contribution in [-0.2, 0) is 23.7 Å². The molecule has 1 unspecified atom stereocenters. The molecule has 0 aliphatic carbocycles. The molecule has 0 aliphatic heterocycles. The lowest BCUT2D eigenvalue weighted by atomic mass is 10.6.